The molecule has 2 rings (SSSR count). The molecule has 0 fully saturated rings. The van der Waals surface area contributed by atoms with Crippen molar-refractivity contribution in [2.24, 2.45) is 0 Å². The second kappa shape index (κ2) is 5.06. The number of nitrogen functional groups attached to an aromatic ring is 1. The van der Waals surface area contributed by atoms with Crippen molar-refractivity contribution in [3.63, 3.8) is 0 Å². The van der Waals surface area contributed by atoms with Gasteiger partial charge in [0.1, 0.15) is 0 Å². The standard InChI is InChI=1S/C13H14ClN3/c1-9-7-16-5-4-10(9)8-17-13-3-2-11(14)6-12(13)15/h2-7,17H,8,15H2,1H3. The minimum Gasteiger partial charge on any atom is -0.397 e. The van der Waals surface area contributed by atoms with Crippen molar-refractivity contribution in [3.8, 4) is 0 Å². The van der Waals surface area contributed by atoms with Crippen LogP contribution in [0.25, 0.3) is 0 Å². The van der Waals surface area contributed by atoms with E-state index in [1.165, 1.54) is 5.56 Å². The lowest BCUT2D eigenvalue weighted by molar-refractivity contribution is 1.09. The van der Waals surface area contributed by atoms with Gasteiger partial charge < -0.3 is 11.1 Å². The highest BCUT2D eigenvalue weighted by Gasteiger charge is 2.01. The third-order valence-corrected chi connectivity index (χ3v) is 2.85. The molecule has 0 atom stereocenters. The number of nitrogens with zero attached hydrogens (tertiary/aromatic N) is 1. The number of halogens is 1. The Morgan fingerprint density at radius 1 is 1.35 bits per heavy atom. The number of benzene rings is 1. The molecule has 0 spiro atoms. The first kappa shape index (κ1) is 11.7. The number of anilines is 2. The number of hydrogen-bond donors (Lipinski definition) is 2. The van der Waals surface area contributed by atoms with Gasteiger partial charge in [-0.05, 0) is 42.3 Å². The van der Waals surface area contributed by atoms with Crippen molar-refractivity contribution in [3.05, 3.63) is 52.8 Å². The maximum Gasteiger partial charge on any atom is 0.0577 e. The monoisotopic (exact) mass is 247 g/mol. The summed E-state index contributed by atoms with van der Waals surface area (Å²) in [4.78, 5) is 4.06. The Morgan fingerprint density at radius 3 is 2.88 bits per heavy atom. The van der Waals surface area contributed by atoms with E-state index in [1.807, 2.05) is 31.3 Å². The van der Waals surface area contributed by atoms with Gasteiger partial charge in [-0.1, -0.05) is 11.6 Å². The lowest BCUT2D eigenvalue weighted by Gasteiger charge is -2.10. The first-order chi connectivity index (χ1) is 8.16. The molecule has 3 N–H and O–H groups in total. The Morgan fingerprint density at radius 2 is 2.18 bits per heavy atom. The van der Waals surface area contributed by atoms with Gasteiger partial charge in [-0.3, -0.25) is 4.98 Å². The number of nitrogens with two attached hydrogens (primary N) is 1. The molecule has 1 aromatic carbocycles. The molecule has 0 amide bonds. The molecule has 0 aliphatic carbocycles. The van der Waals surface area contributed by atoms with Crippen LogP contribution in [0.4, 0.5) is 11.4 Å². The molecule has 0 aliphatic heterocycles. The maximum atomic E-state index is 5.86. The van der Waals surface area contributed by atoms with Gasteiger partial charge >= 0.3 is 0 Å². The van der Waals surface area contributed by atoms with Crippen molar-refractivity contribution in [2.45, 2.75) is 13.5 Å². The number of hydrogen-bond acceptors (Lipinski definition) is 3. The van der Waals surface area contributed by atoms with Crippen LogP contribution >= 0.6 is 11.6 Å². The first-order valence-corrected chi connectivity index (χ1v) is 5.73. The number of aromatic nitrogens is 1. The lowest BCUT2D eigenvalue weighted by atomic mass is 10.1. The van der Waals surface area contributed by atoms with Gasteiger partial charge in [0, 0.05) is 24.0 Å². The van der Waals surface area contributed by atoms with E-state index in [4.69, 9.17) is 17.3 Å². The minimum atomic E-state index is 0.646. The molecule has 0 saturated carbocycles. The number of pyridine rings is 1. The van der Waals surface area contributed by atoms with Gasteiger partial charge in [0.05, 0.1) is 11.4 Å². The quantitative estimate of drug-likeness (QED) is 0.819. The summed E-state index contributed by atoms with van der Waals surface area (Å²) in [5.74, 6) is 0. The van der Waals surface area contributed by atoms with Crippen LogP contribution in [0.2, 0.25) is 5.02 Å². The van der Waals surface area contributed by atoms with Gasteiger partial charge in [-0.2, -0.15) is 0 Å². The van der Waals surface area contributed by atoms with Gasteiger partial charge in [0.15, 0.2) is 0 Å². The van der Waals surface area contributed by atoms with Crippen LogP contribution in [0, 0.1) is 6.92 Å². The number of rotatable bonds is 3. The summed E-state index contributed by atoms with van der Waals surface area (Å²) in [6.45, 7) is 2.76. The second-order valence-corrected chi connectivity index (χ2v) is 4.32. The highest BCUT2D eigenvalue weighted by Crippen LogP contribution is 2.23. The van der Waals surface area contributed by atoms with Crippen LogP contribution in [-0.4, -0.2) is 4.98 Å². The Balaban J connectivity index is 2.10. The normalized spacial score (nSPS) is 10.2. The lowest BCUT2D eigenvalue weighted by Crippen LogP contribution is -2.03. The molecule has 0 saturated heterocycles. The van der Waals surface area contributed by atoms with E-state index in [-0.39, 0.29) is 0 Å². The summed E-state index contributed by atoms with van der Waals surface area (Å²) in [6.07, 6.45) is 3.64. The van der Waals surface area contributed by atoms with E-state index >= 15 is 0 Å². The maximum absolute atomic E-state index is 5.86. The Bertz CT molecular complexity index is 526. The van der Waals surface area contributed by atoms with Crippen molar-refractivity contribution >= 4 is 23.0 Å². The Hall–Kier alpha value is -1.74. The second-order valence-electron chi connectivity index (χ2n) is 3.89. The predicted octanol–water partition coefficient (Wildman–Crippen LogP) is 3.24. The van der Waals surface area contributed by atoms with E-state index in [0.29, 0.717) is 10.7 Å². The Kier molecular flexibility index (Phi) is 3.49. The fourth-order valence-electron chi connectivity index (χ4n) is 1.59. The van der Waals surface area contributed by atoms with E-state index < -0.39 is 0 Å². The van der Waals surface area contributed by atoms with Crippen molar-refractivity contribution in [1.29, 1.82) is 0 Å². The SMILES string of the molecule is Cc1cnccc1CNc1ccc(Cl)cc1N. The van der Waals surface area contributed by atoms with Gasteiger partial charge in [-0.15, -0.1) is 0 Å². The highest BCUT2D eigenvalue weighted by atomic mass is 35.5. The third-order valence-electron chi connectivity index (χ3n) is 2.62. The summed E-state index contributed by atoms with van der Waals surface area (Å²) in [5.41, 5.74) is 9.78. The van der Waals surface area contributed by atoms with E-state index in [9.17, 15) is 0 Å². The zero-order valence-corrected chi connectivity index (χ0v) is 10.3. The summed E-state index contributed by atoms with van der Waals surface area (Å²) in [5, 5.41) is 3.93. The average Bonchev–Trinajstić information content (AvgIpc) is 2.30. The van der Waals surface area contributed by atoms with Crippen LogP contribution < -0.4 is 11.1 Å². The number of aryl methyl sites for hydroxylation is 1. The molecule has 0 radical (unpaired) electrons. The predicted molar refractivity (Wildman–Crippen MR) is 72.2 cm³/mol. The van der Waals surface area contributed by atoms with E-state index in [1.54, 1.807) is 12.3 Å². The van der Waals surface area contributed by atoms with Crippen LogP contribution in [-0.2, 0) is 6.54 Å². The van der Waals surface area contributed by atoms with E-state index in [0.717, 1.165) is 17.8 Å². The van der Waals surface area contributed by atoms with Crippen LogP contribution in [0.1, 0.15) is 11.1 Å². The van der Waals surface area contributed by atoms with Crippen LogP contribution in [0.15, 0.2) is 36.7 Å². The van der Waals surface area contributed by atoms with Gasteiger partial charge in [0.2, 0.25) is 0 Å². The molecule has 2 aromatic rings. The third kappa shape index (κ3) is 2.88. The highest BCUT2D eigenvalue weighted by molar-refractivity contribution is 6.31. The van der Waals surface area contributed by atoms with Crippen LogP contribution in [0.5, 0.6) is 0 Å². The largest absolute Gasteiger partial charge is 0.397 e. The summed E-state index contributed by atoms with van der Waals surface area (Å²) in [7, 11) is 0. The zero-order valence-electron chi connectivity index (χ0n) is 9.57. The topological polar surface area (TPSA) is 50.9 Å². The van der Waals surface area contributed by atoms with Crippen LogP contribution in [0.3, 0.4) is 0 Å². The van der Waals surface area contributed by atoms with Crippen molar-refractivity contribution < 1.29 is 0 Å². The van der Waals surface area contributed by atoms with E-state index in [2.05, 4.69) is 10.3 Å². The molecule has 1 heterocycles. The molecule has 0 bridgehead atoms. The first-order valence-electron chi connectivity index (χ1n) is 5.35. The molecule has 0 aliphatic rings. The van der Waals surface area contributed by atoms with Gasteiger partial charge in [-0.25, -0.2) is 0 Å². The molecule has 3 nitrogen and oxygen atoms in total. The molecular weight excluding hydrogens is 234 g/mol. The molecule has 88 valence electrons. The summed E-state index contributed by atoms with van der Waals surface area (Å²) >= 11 is 5.84. The zero-order chi connectivity index (χ0) is 12.3. The van der Waals surface area contributed by atoms with Gasteiger partial charge in [0.25, 0.3) is 0 Å². The fourth-order valence-corrected chi connectivity index (χ4v) is 1.77. The smallest absolute Gasteiger partial charge is 0.0577 e. The summed E-state index contributed by atoms with van der Waals surface area (Å²) < 4.78 is 0. The molecule has 4 heteroatoms. The molecule has 1 aromatic heterocycles. The fraction of sp³-hybridized carbons (Fsp3) is 0.154. The number of nitrogens with one attached hydrogen (secondary N) is 1. The van der Waals surface area contributed by atoms with Crippen molar-refractivity contribution in [2.75, 3.05) is 11.1 Å². The molecular formula is C13H14ClN3. The Labute approximate surface area is 106 Å². The minimum absolute atomic E-state index is 0.646. The average molecular weight is 248 g/mol. The van der Waals surface area contributed by atoms with Crippen molar-refractivity contribution in [1.82, 2.24) is 4.98 Å². The summed E-state index contributed by atoms with van der Waals surface area (Å²) in [6, 6.07) is 7.44. The molecule has 0 unspecified atom stereocenters. The molecule has 17 heavy (non-hydrogen) atoms.